The summed E-state index contributed by atoms with van der Waals surface area (Å²) in [5.41, 5.74) is 0. The molecule has 6 nitrogen and oxygen atoms in total. The fourth-order valence-electron chi connectivity index (χ4n) is 2.64. The normalized spacial score (nSPS) is 18.7. The highest BCUT2D eigenvalue weighted by atomic mass is 32.2. The Kier molecular flexibility index (Phi) is 7.21. The van der Waals surface area contributed by atoms with Crippen molar-refractivity contribution in [2.45, 2.75) is 49.8 Å². The average molecular weight is 374 g/mol. The highest BCUT2D eigenvalue weighted by Crippen LogP contribution is 2.22. The SMILES string of the molecule is CC(C)CC(=O)NCCc1ccc(S(=O)(=O)NC2CCCNC2)s1. The van der Waals surface area contributed by atoms with Crippen LogP contribution in [0.2, 0.25) is 0 Å². The predicted octanol–water partition coefficient (Wildman–Crippen LogP) is 1.48. The quantitative estimate of drug-likeness (QED) is 0.644. The molecule has 1 aromatic heterocycles. The maximum Gasteiger partial charge on any atom is 0.250 e. The van der Waals surface area contributed by atoms with E-state index in [1.165, 1.54) is 11.3 Å². The van der Waals surface area contributed by atoms with Gasteiger partial charge in [-0.05, 0) is 43.9 Å². The van der Waals surface area contributed by atoms with Crippen LogP contribution in [0.3, 0.4) is 0 Å². The molecule has 1 atom stereocenters. The molecule has 0 radical (unpaired) electrons. The van der Waals surface area contributed by atoms with E-state index >= 15 is 0 Å². The zero-order valence-corrected chi connectivity index (χ0v) is 15.9. The smallest absolute Gasteiger partial charge is 0.250 e. The minimum Gasteiger partial charge on any atom is -0.356 e. The van der Waals surface area contributed by atoms with Crippen molar-refractivity contribution in [2.75, 3.05) is 19.6 Å². The van der Waals surface area contributed by atoms with E-state index in [2.05, 4.69) is 15.4 Å². The number of sulfonamides is 1. The molecule has 1 amide bonds. The number of hydrogen-bond donors (Lipinski definition) is 3. The average Bonchev–Trinajstić information content (AvgIpc) is 2.97. The Balaban J connectivity index is 1.84. The van der Waals surface area contributed by atoms with Crippen LogP contribution in [-0.2, 0) is 21.2 Å². The van der Waals surface area contributed by atoms with E-state index in [4.69, 9.17) is 0 Å². The lowest BCUT2D eigenvalue weighted by molar-refractivity contribution is -0.121. The van der Waals surface area contributed by atoms with Crippen LogP contribution < -0.4 is 15.4 Å². The molecule has 3 N–H and O–H groups in total. The molecule has 0 bridgehead atoms. The largest absolute Gasteiger partial charge is 0.356 e. The molecular formula is C16H27N3O3S2. The van der Waals surface area contributed by atoms with Crippen molar-refractivity contribution in [3.05, 3.63) is 17.0 Å². The van der Waals surface area contributed by atoms with Gasteiger partial charge in [0.1, 0.15) is 4.21 Å². The number of carbonyl (C=O) groups excluding carboxylic acids is 1. The molecule has 0 saturated carbocycles. The second-order valence-corrected chi connectivity index (χ2v) is 9.69. The molecule has 1 unspecified atom stereocenters. The standard InChI is InChI=1S/C16H27N3O3S2/c1-12(2)10-15(20)18-9-7-14-5-6-16(23-14)24(21,22)19-13-4-3-8-17-11-13/h5-6,12-13,17,19H,3-4,7-11H2,1-2H3,(H,18,20). The number of carbonyl (C=O) groups is 1. The van der Waals surface area contributed by atoms with Crippen molar-refractivity contribution in [1.82, 2.24) is 15.4 Å². The molecule has 0 aliphatic carbocycles. The Labute approximate surface area is 148 Å². The Morgan fingerprint density at radius 2 is 2.21 bits per heavy atom. The summed E-state index contributed by atoms with van der Waals surface area (Å²) in [5.74, 6) is 0.379. The molecule has 1 aliphatic rings. The molecule has 136 valence electrons. The fraction of sp³-hybridized carbons (Fsp3) is 0.688. The molecule has 24 heavy (non-hydrogen) atoms. The van der Waals surface area contributed by atoms with Gasteiger partial charge in [-0.3, -0.25) is 4.79 Å². The Bertz CT molecular complexity index is 635. The number of hydrogen-bond acceptors (Lipinski definition) is 5. The summed E-state index contributed by atoms with van der Waals surface area (Å²) >= 11 is 1.27. The first-order valence-corrected chi connectivity index (χ1v) is 10.8. The Hall–Kier alpha value is -0.960. The number of piperidine rings is 1. The molecule has 1 fully saturated rings. The van der Waals surface area contributed by atoms with E-state index in [9.17, 15) is 13.2 Å². The van der Waals surface area contributed by atoms with Crippen molar-refractivity contribution in [1.29, 1.82) is 0 Å². The maximum atomic E-state index is 12.4. The molecule has 1 aliphatic heterocycles. The van der Waals surface area contributed by atoms with Crippen LogP contribution in [0.5, 0.6) is 0 Å². The number of nitrogens with one attached hydrogen (secondary N) is 3. The van der Waals surface area contributed by atoms with Crippen molar-refractivity contribution < 1.29 is 13.2 Å². The summed E-state index contributed by atoms with van der Waals surface area (Å²) in [6.07, 6.45) is 3.02. The number of thiophene rings is 1. The van der Waals surface area contributed by atoms with Crippen LogP contribution in [0.1, 0.15) is 38.0 Å². The highest BCUT2D eigenvalue weighted by molar-refractivity contribution is 7.91. The minimum atomic E-state index is -3.46. The van der Waals surface area contributed by atoms with Gasteiger partial charge in [0.25, 0.3) is 0 Å². The first-order valence-electron chi connectivity index (χ1n) is 8.45. The lowest BCUT2D eigenvalue weighted by atomic mass is 10.1. The van der Waals surface area contributed by atoms with Gasteiger partial charge in [-0.2, -0.15) is 0 Å². The first-order chi connectivity index (χ1) is 11.4. The van der Waals surface area contributed by atoms with Crippen molar-refractivity contribution >= 4 is 27.3 Å². The third-order valence-electron chi connectivity index (χ3n) is 3.81. The number of rotatable bonds is 8. The third kappa shape index (κ3) is 6.16. The molecule has 1 saturated heterocycles. The van der Waals surface area contributed by atoms with Gasteiger partial charge >= 0.3 is 0 Å². The molecule has 2 rings (SSSR count). The monoisotopic (exact) mass is 373 g/mol. The van der Waals surface area contributed by atoms with E-state index in [0.717, 1.165) is 24.3 Å². The lowest BCUT2D eigenvalue weighted by Gasteiger charge is -2.23. The highest BCUT2D eigenvalue weighted by Gasteiger charge is 2.23. The summed E-state index contributed by atoms with van der Waals surface area (Å²) < 4.78 is 28.0. The zero-order chi connectivity index (χ0) is 17.6. The summed E-state index contributed by atoms with van der Waals surface area (Å²) in [6, 6.07) is 3.44. The summed E-state index contributed by atoms with van der Waals surface area (Å²) in [5, 5.41) is 6.07. The molecule has 0 spiro atoms. The maximum absolute atomic E-state index is 12.4. The molecular weight excluding hydrogens is 346 g/mol. The number of amides is 1. The van der Waals surface area contributed by atoms with Crippen LogP contribution in [0.4, 0.5) is 0 Å². The topological polar surface area (TPSA) is 87.3 Å². The lowest BCUT2D eigenvalue weighted by Crippen LogP contribution is -2.45. The van der Waals surface area contributed by atoms with E-state index in [-0.39, 0.29) is 11.9 Å². The fourth-order valence-corrected chi connectivity index (χ4v) is 5.28. The predicted molar refractivity (Wildman–Crippen MR) is 96.7 cm³/mol. The van der Waals surface area contributed by atoms with Crippen LogP contribution in [0.25, 0.3) is 0 Å². The van der Waals surface area contributed by atoms with E-state index in [1.807, 2.05) is 19.9 Å². The second kappa shape index (κ2) is 8.94. The minimum absolute atomic E-state index is 0.0374. The van der Waals surface area contributed by atoms with Crippen LogP contribution >= 0.6 is 11.3 Å². The molecule has 8 heteroatoms. The second-order valence-electron chi connectivity index (χ2n) is 6.58. The van der Waals surface area contributed by atoms with Gasteiger partial charge in [0, 0.05) is 30.4 Å². The van der Waals surface area contributed by atoms with Gasteiger partial charge in [0.15, 0.2) is 0 Å². The third-order valence-corrected chi connectivity index (χ3v) is 6.97. The van der Waals surface area contributed by atoms with Crippen LogP contribution in [0.15, 0.2) is 16.3 Å². The summed E-state index contributed by atoms with van der Waals surface area (Å²) in [4.78, 5) is 12.6. The van der Waals surface area contributed by atoms with E-state index in [0.29, 0.717) is 36.1 Å². The van der Waals surface area contributed by atoms with Crippen molar-refractivity contribution in [3.8, 4) is 0 Å². The Morgan fingerprint density at radius 1 is 1.42 bits per heavy atom. The van der Waals surface area contributed by atoms with Crippen LogP contribution in [0, 0.1) is 5.92 Å². The van der Waals surface area contributed by atoms with Gasteiger partial charge in [0.2, 0.25) is 15.9 Å². The first kappa shape index (κ1) is 19.4. The van der Waals surface area contributed by atoms with Gasteiger partial charge in [-0.25, -0.2) is 13.1 Å². The van der Waals surface area contributed by atoms with Crippen molar-refractivity contribution in [2.24, 2.45) is 5.92 Å². The molecule has 0 aromatic carbocycles. The van der Waals surface area contributed by atoms with Gasteiger partial charge in [0.05, 0.1) is 0 Å². The van der Waals surface area contributed by atoms with Crippen LogP contribution in [-0.4, -0.2) is 40.0 Å². The van der Waals surface area contributed by atoms with Gasteiger partial charge in [-0.1, -0.05) is 13.8 Å². The Morgan fingerprint density at radius 3 is 2.88 bits per heavy atom. The summed E-state index contributed by atoms with van der Waals surface area (Å²) in [6.45, 7) is 6.17. The summed E-state index contributed by atoms with van der Waals surface area (Å²) in [7, 11) is -3.46. The molecule has 1 aromatic rings. The van der Waals surface area contributed by atoms with E-state index in [1.54, 1.807) is 6.07 Å². The van der Waals surface area contributed by atoms with Gasteiger partial charge < -0.3 is 10.6 Å². The molecule has 2 heterocycles. The zero-order valence-electron chi connectivity index (χ0n) is 14.3. The van der Waals surface area contributed by atoms with E-state index < -0.39 is 10.0 Å². The van der Waals surface area contributed by atoms with Crippen molar-refractivity contribution in [3.63, 3.8) is 0 Å². The van der Waals surface area contributed by atoms with Gasteiger partial charge in [-0.15, -0.1) is 11.3 Å².